The summed E-state index contributed by atoms with van der Waals surface area (Å²) in [5.41, 5.74) is 3.31. The van der Waals surface area contributed by atoms with Crippen molar-refractivity contribution in [1.29, 1.82) is 0 Å². The van der Waals surface area contributed by atoms with Crippen molar-refractivity contribution in [2.75, 3.05) is 26.2 Å². The van der Waals surface area contributed by atoms with E-state index in [0.29, 0.717) is 24.1 Å². The molecule has 2 aromatic carbocycles. The molecule has 6 nitrogen and oxygen atoms in total. The van der Waals surface area contributed by atoms with Gasteiger partial charge in [-0.05, 0) is 55.9 Å². The molecule has 2 aliphatic heterocycles. The molecule has 0 atom stereocenters. The number of carbonyl (C=O) groups is 2. The number of rotatable bonds is 5. The molecular formula is C26H29N3O3S. The van der Waals surface area contributed by atoms with Crippen LogP contribution in [0.4, 0.5) is 0 Å². The minimum Gasteiger partial charge on any atom is -0.431 e. The first-order chi connectivity index (χ1) is 16.2. The fourth-order valence-corrected chi connectivity index (χ4v) is 5.62. The summed E-state index contributed by atoms with van der Waals surface area (Å²) >= 11 is 1.50. The third-order valence-electron chi connectivity index (χ3n) is 6.67. The highest BCUT2D eigenvalue weighted by molar-refractivity contribution is 7.98. The van der Waals surface area contributed by atoms with E-state index in [4.69, 9.17) is 4.42 Å². The van der Waals surface area contributed by atoms with E-state index in [9.17, 15) is 9.59 Å². The number of hydrogen-bond acceptors (Lipinski definition) is 5. The third-order valence-corrected chi connectivity index (χ3v) is 7.55. The summed E-state index contributed by atoms with van der Waals surface area (Å²) in [6.07, 6.45) is 4.95. The lowest BCUT2D eigenvalue weighted by atomic mass is 9.93. The summed E-state index contributed by atoms with van der Waals surface area (Å²) in [6, 6.07) is 15.5. The number of nitrogens with zero attached hydrogens (tertiary/aromatic N) is 3. The van der Waals surface area contributed by atoms with E-state index < -0.39 is 0 Å². The Balaban J connectivity index is 1.21. The van der Waals surface area contributed by atoms with Gasteiger partial charge < -0.3 is 14.2 Å². The Morgan fingerprint density at radius 3 is 2.42 bits per heavy atom. The molecule has 3 heterocycles. The zero-order chi connectivity index (χ0) is 22.6. The van der Waals surface area contributed by atoms with E-state index in [1.165, 1.54) is 18.2 Å². The molecule has 0 radical (unpaired) electrons. The smallest absolute Gasteiger partial charge is 0.257 e. The fraction of sp³-hybridized carbons (Fsp3) is 0.423. The second-order valence-electron chi connectivity index (χ2n) is 8.85. The second-order valence-corrected chi connectivity index (χ2v) is 9.77. The molecule has 0 aliphatic carbocycles. The second kappa shape index (κ2) is 10.00. The zero-order valence-corrected chi connectivity index (χ0v) is 19.6. The normalized spacial score (nSPS) is 17.5. The van der Waals surface area contributed by atoms with Gasteiger partial charge in [-0.3, -0.25) is 9.59 Å². The SMILES string of the molecule is O=C(c1ccccc1CSc1nc2ccccc2o1)N1CCC(C(=O)N2CCCCC2)CC1. The molecule has 0 bridgehead atoms. The highest BCUT2D eigenvalue weighted by Gasteiger charge is 2.31. The standard InChI is InChI=1S/C26H29N3O3S/c30-24(28-14-6-1-7-15-28)19-12-16-29(17-13-19)25(31)21-9-3-2-8-20(21)18-33-26-27-22-10-4-5-11-23(22)32-26/h2-5,8-11,19H,1,6-7,12-18H2. The number of thioether (sulfide) groups is 1. The average Bonchev–Trinajstić information content (AvgIpc) is 3.30. The van der Waals surface area contributed by atoms with Gasteiger partial charge in [0.25, 0.3) is 11.1 Å². The Morgan fingerprint density at radius 1 is 0.909 bits per heavy atom. The van der Waals surface area contributed by atoms with Crippen molar-refractivity contribution in [3.63, 3.8) is 0 Å². The molecule has 0 N–H and O–H groups in total. The summed E-state index contributed by atoms with van der Waals surface area (Å²) in [6.45, 7) is 3.05. The lowest BCUT2D eigenvalue weighted by molar-refractivity contribution is -0.137. The average molecular weight is 464 g/mol. The van der Waals surface area contributed by atoms with Crippen LogP contribution in [0.1, 0.15) is 48.0 Å². The van der Waals surface area contributed by atoms with Crippen LogP contribution in [0.15, 0.2) is 58.2 Å². The summed E-state index contributed by atoms with van der Waals surface area (Å²) < 4.78 is 5.81. The molecule has 2 fully saturated rings. The van der Waals surface area contributed by atoms with E-state index in [0.717, 1.165) is 61.0 Å². The van der Waals surface area contributed by atoms with E-state index in [2.05, 4.69) is 4.98 Å². The Kier molecular flexibility index (Phi) is 6.67. The largest absolute Gasteiger partial charge is 0.431 e. The summed E-state index contributed by atoms with van der Waals surface area (Å²) in [4.78, 5) is 34.6. The number of oxazole rings is 1. The lowest BCUT2D eigenvalue weighted by Gasteiger charge is -2.35. The quantitative estimate of drug-likeness (QED) is 0.499. The fourth-order valence-electron chi connectivity index (χ4n) is 4.78. The van der Waals surface area contributed by atoms with Crippen LogP contribution in [0.3, 0.4) is 0 Å². The molecule has 2 amide bonds. The number of para-hydroxylation sites is 2. The van der Waals surface area contributed by atoms with Gasteiger partial charge in [-0.15, -0.1) is 0 Å². The number of hydrogen-bond donors (Lipinski definition) is 0. The Bertz CT molecular complexity index is 1100. The number of piperidine rings is 2. The van der Waals surface area contributed by atoms with Crippen LogP contribution in [0.25, 0.3) is 11.1 Å². The summed E-state index contributed by atoms with van der Waals surface area (Å²) in [5.74, 6) is 1.00. The zero-order valence-electron chi connectivity index (χ0n) is 18.7. The maximum Gasteiger partial charge on any atom is 0.257 e. The monoisotopic (exact) mass is 463 g/mol. The number of benzene rings is 2. The van der Waals surface area contributed by atoms with Gasteiger partial charge in [0.1, 0.15) is 5.52 Å². The number of fused-ring (bicyclic) bond motifs is 1. The van der Waals surface area contributed by atoms with Gasteiger partial charge in [0, 0.05) is 43.4 Å². The van der Waals surface area contributed by atoms with Gasteiger partial charge in [-0.1, -0.05) is 42.1 Å². The number of amides is 2. The highest BCUT2D eigenvalue weighted by Crippen LogP contribution is 2.29. The van der Waals surface area contributed by atoms with Crippen molar-refractivity contribution < 1.29 is 14.0 Å². The van der Waals surface area contributed by atoms with Crippen LogP contribution < -0.4 is 0 Å². The predicted octanol–water partition coefficient (Wildman–Crippen LogP) is 4.98. The molecule has 5 rings (SSSR count). The van der Waals surface area contributed by atoms with Gasteiger partial charge >= 0.3 is 0 Å². The van der Waals surface area contributed by atoms with E-state index in [1.54, 1.807) is 0 Å². The number of likely N-dealkylation sites (tertiary alicyclic amines) is 2. The van der Waals surface area contributed by atoms with Crippen LogP contribution in [0, 0.1) is 5.92 Å². The van der Waals surface area contributed by atoms with Crippen LogP contribution in [-0.2, 0) is 10.5 Å². The minimum absolute atomic E-state index is 0.0487. The van der Waals surface area contributed by atoms with Gasteiger partial charge in [0.2, 0.25) is 5.91 Å². The van der Waals surface area contributed by atoms with Crippen LogP contribution in [0.2, 0.25) is 0 Å². The van der Waals surface area contributed by atoms with Crippen molar-refractivity contribution in [3.8, 4) is 0 Å². The van der Waals surface area contributed by atoms with Crippen molar-refractivity contribution in [2.45, 2.75) is 43.1 Å². The van der Waals surface area contributed by atoms with Crippen molar-refractivity contribution in [1.82, 2.24) is 14.8 Å². The van der Waals surface area contributed by atoms with Gasteiger partial charge in [0.05, 0.1) is 0 Å². The first kappa shape index (κ1) is 22.0. The maximum absolute atomic E-state index is 13.3. The first-order valence-corrected chi connectivity index (χ1v) is 12.8. The van der Waals surface area contributed by atoms with E-state index in [-0.39, 0.29) is 17.7 Å². The van der Waals surface area contributed by atoms with Crippen LogP contribution in [-0.4, -0.2) is 52.8 Å². The number of aromatic nitrogens is 1. The van der Waals surface area contributed by atoms with Gasteiger partial charge in [-0.25, -0.2) is 4.98 Å². The minimum atomic E-state index is 0.0487. The van der Waals surface area contributed by atoms with Crippen LogP contribution >= 0.6 is 11.8 Å². The van der Waals surface area contributed by atoms with E-state index >= 15 is 0 Å². The van der Waals surface area contributed by atoms with Crippen LogP contribution in [0.5, 0.6) is 0 Å². The maximum atomic E-state index is 13.3. The van der Waals surface area contributed by atoms with Gasteiger partial charge in [0.15, 0.2) is 5.58 Å². The third kappa shape index (κ3) is 4.93. The molecule has 0 unspecified atom stereocenters. The Morgan fingerprint density at radius 2 is 1.64 bits per heavy atom. The first-order valence-electron chi connectivity index (χ1n) is 11.8. The molecule has 1 aromatic heterocycles. The summed E-state index contributed by atoms with van der Waals surface area (Å²) in [7, 11) is 0. The molecule has 0 spiro atoms. The topological polar surface area (TPSA) is 66.7 Å². The Hall–Kier alpha value is -2.80. The van der Waals surface area contributed by atoms with Crippen molar-refractivity contribution >= 4 is 34.7 Å². The molecule has 2 saturated heterocycles. The van der Waals surface area contributed by atoms with Crippen molar-refractivity contribution in [2.24, 2.45) is 5.92 Å². The molecule has 3 aromatic rings. The van der Waals surface area contributed by atoms with E-state index in [1.807, 2.05) is 58.3 Å². The molecule has 33 heavy (non-hydrogen) atoms. The molecule has 0 saturated carbocycles. The highest BCUT2D eigenvalue weighted by atomic mass is 32.2. The molecule has 2 aliphatic rings. The predicted molar refractivity (Wildman–Crippen MR) is 129 cm³/mol. The van der Waals surface area contributed by atoms with Crippen molar-refractivity contribution in [3.05, 3.63) is 59.7 Å². The Labute approximate surface area is 198 Å². The van der Waals surface area contributed by atoms with Gasteiger partial charge in [-0.2, -0.15) is 0 Å². The lowest BCUT2D eigenvalue weighted by Crippen LogP contribution is -2.45. The summed E-state index contributed by atoms with van der Waals surface area (Å²) in [5, 5.41) is 0.607. The molecule has 7 heteroatoms. The molecular weight excluding hydrogens is 434 g/mol. The number of carbonyl (C=O) groups excluding carboxylic acids is 2. The molecule has 172 valence electrons.